The number of anilines is 1. The molecule has 1 saturated heterocycles. The Morgan fingerprint density at radius 3 is 2.22 bits per heavy atom. The summed E-state index contributed by atoms with van der Waals surface area (Å²) in [6.07, 6.45) is -3.14. The molecule has 1 N–H and O–H groups in total. The molecule has 0 amide bonds. The van der Waals surface area contributed by atoms with Gasteiger partial charge in [-0.3, -0.25) is 4.90 Å². The molecular weight excluding hydrogens is 421 g/mol. The molecule has 1 aliphatic rings. The highest BCUT2D eigenvalue weighted by atomic mass is 19.4. The van der Waals surface area contributed by atoms with Crippen molar-refractivity contribution < 1.29 is 23.1 Å². The lowest BCUT2D eigenvalue weighted by Crippen LogP contribution is -2.49. The summed E-state index contributed by atoms with van der Waals surface area (Å²) >= 11 is 0. The van der Waals surface area contributed by atoms with Gasteiger partial charge in [-0.05, 0) is 38.1 Å². The van der Waals surface area contributed by atoms with Crippen molar-refractivity contribution >= 4 is 22.7 Å². The Kier molecular flexibility index (Phi) is 7.29. The molecule has 3 heterocycles. The van der Waals surface area contributed by atoms with E-state index in [0.29, 0.717) is 6.04 Å². The predicted octanol–water partition coefficient (Wildman–Crippen LogP) is 4.46. The lowest BCUT2D eigenvalue weighted by atomic mass is 10.1. The van der Waals surface area contributed by atoms with Crippen molar-refractivity contribution in [3.05, 3.63) is 54.7 Å². The van der Waals surface area contributed by atoms with Crippen molar-refractivity contribution in [1.29, 1.82) is 0 Å². The molecule has 0 atom stereocenters. The summed E-state index contributed by atoms with van der Waals surface area (Å²) in [5.41, 5.74) is 3.06. The maximum Gasteiger partial charge on any atom is 0.490 e. The minimum Gasteiger partial charge on any atom is -0.475 e. The van der Waals surface area contributed by atoms with Crippen molar-refractivity contribution in [2.75, 3.05) is 31.1 Å². The Labute approximate surface area is 184 Å². The largest absolute Gasteiger partial charge is 0.490 e. The van der Waals surface area contributed by atoms with E-state index < -0.39 is 12.1 Å². The predicted molar refractivity (Wildman–Crippen MR) is 118 cm³/mol. The zero-order chi connectivity index (χ0) is 23.3. The minimum atomic E-state index is -5.08. The van der Waals surface area contributed by atoms with Gasteiger partial charge in [0.2, 0.25) is 0 Å². The number of carboxylic acids is 1. The SMILES string of the molecule is CC(C)N1CCN(c2ccc(-c3ccc4ccccc4n3)cn2)CC1.O=C(O)C(F)(F)F. The number of hydrogen-bond acceptors (Lipinski definition) is 5. The van der Waals surface area contributed by atoms with E-state index in [1.165, 1.54) is 5.39 Å². The summed E-state index contributed by atoms with van der Waals surface area (Å²) in [7, 11) is 0. The van der Waals surface area contributed by atoms with Gasteiger partial charge in [0.1, 0.15) is 5.82 Å². The van der Waals surface area contributed by atoms with Crippen molar-refractivity contribution in [3.63, 3.8) is 0 Å². The van der Waals surface area contributed by atoms with Gasteiger partial charge in [-0.15, -0.1) is 0 Å². The van der Waals surface area contributed by atoms with Crippen LogP contribution in [0.5, 0.6) is 0 Å². The summed E-state index contributed by atoms with van der Waals surface area (Å²) in [6, 6.07) is 17.3. The molecule has 9 heteroatoms. The first-order valence-electron chi connectivity index (χ1n) is 10.3. The molecule has 2 aromatic heterocycles. The zero-order valence-corrected chi connectivity index (χ0v) is 17.9. The van der Waals surface area contributed by atoms with Crippen LogP contribution in [-0.2, 0) is 4.79 Å². The second-order valence-electron chi connectivity index (χ2n) is 7.71. The number of piperazine rings is 1. The third-order valence-corrected chi connectivity index (χ3v) is 5.25. The van der Waals surface area contributed by atoms with Gasteiger partial charge in [-0.2, -0.15) is 13.2 Å². The van der Waals surface area contributed by atoms with E-state index in [-0.39, 0.29) is 0 Å². The maximum atomic E-state index is 10.6. The molecule has 1 fully saturated rings. The van der Waals surface area contributed by atoms with Crippen molar-refractivity contribution in [2.45, 2.75) is 26.1 Å². The fraction of sp³-hybridized carbons (Fsp3) is 0.348. The monoisotopic (exact) mass is 446 g/mol. The van der Waals surface area contributed by atoms with Gasteiger partial charge in [-0.25, -0.2) is 14.8 Å². The minimum absolute atomic E-state index is 0.622. The van der Waals surface area contributed by atoms with Crippen LogP contribution in [0.25, 0.3) is 22.2 Å². The topological polar surface area (TPSA) is 69.6 Å². The number of halogens is 3. The lowest BCUT2D eigenvalue weighted by Gasteiger charge is -2.37. The van der Waals surface area contributed by atoms with Crippen LogP contribution in [0.4, 0.5) is 19.0 Å². The third kappa shape index (κ3) is 5.94. The molecule has 4 rings (SSSR count). The van der Waals surface area contributed by atoms with Gasteiger partial charge in [0, 0.05) is 49.4 Å². The smallest absolute Gasteiger partial charge is 0.475 e. The molecule has 1 aromatic carbocycles. The molecule has 1 aliphatic heterocycles. The molecule has 0 bridgehead atoms. The standard InChI is InChI=1S/C21H24N4.C2HF3O2/c1-16(2)24-11-13-25(14-12-24)21-10-8-18(15-22-21)20-9-7-17-5-3-4-6-19(17)23-20;3-2(4,5)1(6)7/h3-10,15-16H,11-14H2,1-2H3;(H,6,7). The summed E-state index contributed by atoms with van der Waals surface area (Å²) in [5, 5.41) is 8.29. The summed E-state index contributed by atoms with van der Waals surface area (Å²) < 4.78 is 31.7. The molecule has 32 heavy (non-hydrogen) atoms. The molecule has 0 spiro atoms. The summed E-state index contributed by atoms with van der Waals surface area (Å²) in [4.78, 5) is 23.2. The fourth-order valence-corrected chi connectivity index (χ4v) is 3.42. The highest BCUT2D eigenvalue weighted by Crippen LogP contribution is 2.23. The van der Waals surface area contributed by atoms with Gasteiger partial charge in [0.15, 0.2) is 0 Å². The number of nitrogens with zero attached hydrogens (tertiary/aromatic N) is 4. The molecule has 0 saturated carbocycles. The second kappa shape index (κ2) is 9.95. The average Bonchev–Trinajstić information content (AvgIpc) is 2.79. The number of pyridine rings is 2. The van der Waals surface area contributed by atoms with Crippen LogP contribution in [-0.4, -0.2) is 64.3 Å². The first-order valence-corrected chi connectivity index (χ1v) is 10.3. The number of aliphatic carboxylic acids is 1. The van der Waals surface area contributed by atoms with E-state index in [9.17, 15) is 13.2 Å². The number of alkyl halides is 3. The van der Waals surface area contributed by atoms with Gasteiger partial charge in [0.05, 0.1) is 11.2 Å². The van der Waals surface area contributed by atoms with E-state index in [1.807, 2.05) is 18.3 Å². The normalized spacial score (nSPS) is 14.9. The zero-order valence-electron chi connectivity index (χ0n) is 17.9. The Bertz CT molecular complexity index is 1050. The van der Waals surface area contributed by atoms with Crippen molar-refractivity contribution in [2.24, 2.45) is 0 Å². The van der Waals surface area contributed by atoms with E-state index in [4.69, 9.17) is 19.9 Å². The number of hydrogen-bond donors (Lipinski definition) is 1. The lowest BCUT2D eigenvalue weighted by molar-refractivity contribution is -0.192. The molecule has 0 unspecified atom stereocenters. The molecule has 3 aromatic rings. The first kappa shape index (κ1) is 23.5. The van der Waals surface area contributed by atoms with Gasteiger partial charge in [0.25, 0.3) is 0 Å². The third-order valence-electron chi connectivity index (χ3n) is 5.25. The number of fused-ring (bicyclic) bond motifs is 1. The Balaban J connectivity index is 0.000000360. The number of carbonyl (C=O) groups is 1. The summed E-state index contributed by atoms with van der Waals surface area (Å²) in [6.45, 7) is 8.82. The molecule has 0 aliphatic carbocycles. The molecule has 170 valence electrons. The van der Waals surface area contributed by atoms with Gasteiger partial charge < -0.3 is 10.0 Å². The van der Waals surface area contributed by atoms with Crippen LogP contribution >= 0.6 is 0 Å². The van der Waals surface area contributed by atoms with E-state index in [0.717, 1.165) is 48.8 Å². The fourth-order valence-electron chi connectivity index (χ4n) is 3.42. The van der Waals surface area contributed by atoms with Gasteiger partial charge in [-0.1, -0.05) is 24.3 Å². The highest BCUT2D eigenvalue weighted by Gasteiger charge is 2.38. The average molecular weight is 446 g/mol. The maximum absolute atomic E-state index is 10.6. The Morgan fingerprint density at radius 2 is 1.66 bits per heavy atom. The molecule has 6 nitrogen and oxygen atoms in total. The van der Waals surface area contributed by atoms with Crippen LogP contribution in [0.15, 0.2) is 54.7 Å². The highest BCUT2D eigenvalue weighted by molar-refractivity contribution is 5.81. The van der Waals surface area contributed by atoms with E-state index >= 15 is 0 Å². The first-order chi connectivity index (χ1) is 15.1. The van der Waals surface area contributed by atoms with Crippen LogP contribution in [0.1, 0.15) is 13.8 Å². The number of para-hydroxylation sites is 1. The Hall–Kier alpha value is -3.20. The van der Waals surface area contributed by atoms with Gasteiger partial charge >= 0.3 is 12.1 Å². The van der Waals surface area contributed by atoms with Crippen LogP contribution < -0.4 is 4.90 Å². The number of rotatable bonds is 3. The number of carboxylic acid groups (broad SMARTS) is 1. The number of aromatic nitrogens is 2. The molecular formula is C23H25F3N4O2. The number of benzene rings is 1. The summed E-state index contributed by atoms with van der Waals surface area (Å²) in [5.74, 6) is -1.69. The van der Waals surface area contributed by atoms with Crippen LogP contribution in [0, 0.1) is 0 Å². The van der Waals surface area contributed by atoms with Crippen LogP contribution in [0.2, 0.25) is 0 Å². The van der Waals surface area contributed by atoms with Crippen molar-refractivity contribution in [1.82, 2.24) is 14.9 Å². The van der Waals surface area contributed by atoms with E-state index in [1.54, 1.807) is 0 Å². The van der Waals surface area contributed by atoms with Crippen LogP contribution in [0.3, 0.4) is 0 Å². The second-order valence-corrected chi connectivity index (χ2v) is 7.71. The van der Waals surface area contributed by atoms with E-state index in [2.05, 4.69) is 60.0 Å². The Morgan fingerprint density at radius 1 is 1.00 bits per heavy atom. The quantitative estimate of drug-likeness (QED) is 0.641. The molecule has 0 radical (unpaired) electrons. The van der Waals surface area contributed by atoms with Crippen molar-refractivity contribution in [3.8, 4) is 11.3 Å².